The van der Waals surface area contributed by atoms with Crippen LogP contribution in [-0.4, -0.2) is 4.57 Å². The lowest BCUT2D eigenvalue weighted by Crippen LogP contribution is -2.35. The van der Waals surface area contributed by atoms with E-state index >= 15 is 0 Å². The number of para-hydroxylation sites is 2. The van der Waals surface area contributed by atoms with Gasteiger partial charge in [0.2, 0.25) is 0 Å². The first-order valence-electron chi connectivity index (χ1n) is 14.6. The van der Waals surface area contributed by atoms with Gasteiger partial charge < -0.3 is 4.57 Å². The first-order chi connectivity index (χ1) is 20.1. The Balaban J connectivity index is 1.52. The van der Waals surface area contributed by atoms with E-state index in [4.69, 9.17) is 0 Å². The van der Waals surface area contributed by atoms with E-state index in [1.54, 1.807) is 0 Å². The molecule has 0 saturated heterocycles. The first kappa shape index (κ1) is 22.9. The van der Waals surface area contributed by atoms with E-state index < -0.39 is 5.41 Å². The summed E-state index contributed by atoms with van der Waals surface area (Å²) < 4.78 is 2.55. The fourth-order valence-corrected chi connectivity index (χ4v) is 8.28. The van der Waals surface area contributed by atoms with E-state index in [1.807, 2.05) is 0 Å². The molecule has 9 rings (SSSR count). The van der Waals surface area contributed by atoms with E-state index in [0.717, 1.165) is 0 Å². The third kappa shape index (κ3) is 2.67. The lowest BCUT2D eigenvalue weighted by Gasteiger charge is -2.41. The zero-order valence-corrected chi connectivity index (χ0v) is 23.2. The van der Waals surface area contributed by atoms with Crippen LogP contribution in [0.15, 0.2) is 140 Å². The Hall–Kier alpha value is -4.88. The smallest absolute Gasteiger partial charge is 0.0742 e. The third-order valence-corrected chi connectivity index (χ3v) is 9.84. The zero-order chi connectivity index (χ0) is 27.3. The molecule has 6 aromatic carbocycles. The van der Waals surface area contributed by atoms with Gasteiger partial charge in [0.05, 0.1) is 22.1 Å². The zero-order valence-electron chi connectivity index (χ0n) is 23.2. The highest BCUT2D eigenvalue weighted by atomic mass is 15.0. The van der Waals surface area contributed by atoms with Gasteiger partial charge >= 0.3 is 0 Å². The summed E-state index contributed by atoms with van der Waals surface area (Å²) in [4.78, 5) is 0. The van der Waals surface area contributed by atoms with Gasteiger partial charge in [-0.25, -0.2) is 0 Å². The van der Waals surface area contributed by atoms with Gasteiger partial charge in [0.25, 0.3) is 0 Å². The van der Waals surface area contributed by atoms with Crippen LogP contribution in [0.4, 0.5) is 0 Å². The van der Waals surface area contributed by atoms with Crippen molar-refractivity contribution in [3.63, 3.8) is 0 Å². The summed E-state index contributed by atoms with van der Waals surface area (Å²) in [6, 6.07) is 51.9. The molecule has 1 nitrogen and oxygen atoms in total. The minimum Gasteiger partial charge on any atom is -0.309 e. The maximum absolute atomic E-state index is 2.55. The van der Waals surface area contributed by atoms with Crippen molar-refractivity contribution in [1.29, 1.82) is 0 Å². The fourth-order valence-electron chi connectivity index (χ4n) is 8.28. The topological polar surface area (TPSA) is 4.93 Å². The molecule has 1 aromatic heterocycles. The molecule has 0 fully saturated rings. The predicted octanol–water partition coefficient (Wildman–Crippen LogP) is 9.79. The molecule has 0 N–H and O–H groups in total. The SMILES string of the molecule is CC1(C)c2ccccc2-c2ccc3c(c21)c1cccc2c1n3-c1ccccc1C2(c1ccccc1)c1ccccc1. The van der Waals surface area contributed by atoms with Gasteiger partial charge in [0, 0.05) is 16.2 Å². The van der Waals surface area contributed by atoms with Crippen LogP contribution in [-0.2, 0) is 10.8 Å². The van der Waals surface area contributed by atoms with E-state index in [2.05, 4.69) is 158 Å². The summed E-state index contributed by atoms with van der Waals surface area (Å²) in [7, 11) is 0. The average molecular weight is 524 g/mol. The lowest BCUT2D eigenvalue weighted by atomic mass is 9.63. The van der Waals surface area contributed by atoms with Gasteiger partial charge in [-0.2, -0.15) is 0 Å². The summed E-state index contributed by atoms with van der Waals surface area (Å²) in [5.74, 6) is 0. The number of benzene rings is 6. The third-order valence-electron chi connectivity index (χ3n) is 9.84. The second kappa shape index (κ2) is 7.86. The summed E-state index contributed by atoms with van der Waals surface area (Å²) in [5, 5.41) is 2.72. The number of hydrogen-bond donors (Lipinski definition) is 0. The van der Waals surface area contributed by atoms with Crippen molar-refractivity contribution in [1.82, 2.24) is 4.57 Å². The van der Waals surface area contributed by atoms with Crippen molar-refractivity contribution in [2.75, 3.05) is 0 Å². The molecule has 0 radical (unpaired) electrons. The Morgan fingerprint density at radius 1 is 0.488 bits per heavy atom. The number of rotatable bonds is 2. The highest BCUT2D eigenvalue weighted by Crippen LogP contribution is 2.57. The van der Waals surface area contributed by atoms with Gasteiger partial charge in [-0.3, -0.25) is 0 Å². The quantitative estimate of drug-likeness (QED) is 0.212. The molecule has 0 atom stereocenters. The van der Waals surface area contributed by atoms with Crippen LogP contribution in [0, 0.1) is 0 Å². The van der Waals surface area contributed by atoms with E-state index in [-0.39, 0.29) is 5.41 Å². The minimum absolute atomic E-state index is 0.0932. The average Bonchev–Trinajstić information content (AvgIpc) is 3.48. The molecule has 2 aliphatic rings. The summed E-state index contributed by atoms with van der Waals surface area (Å²) in [5.41, 5.74) is 14.2. The summed E-state index contributed by atoms with van der Waals surface area (Å²) in [6.07, 6.45) is 0. The van der Waals surface area contributed by atoms with Gasteiger partial charge in [0.15, 0.2) is 0 Å². The molecule has 0 unspecified atom stereocenters. The lowest BCUT2D eigenvalue weighted by molar-refractivity contribution is 0.666. The van der Waals surface area contributed by atoms with Crippen LogP contribution in [0.3, 0.4) is 0 Å². The van der Waals surface area contributed by atoms with Crippen molar-refractivity contribution in [2.45, 2.75) is 24.7 Å². The maximum atomic E-state index is 2.55. The summed E-state index contributed by atoms with van der Waals surface area (Å²) in [6.45, 7) is 4.80. The largest absolute Gasteiger partial charge is 0.309 e. The Morgan fingerprint density at radius 3 is 1.83 bits per heavy atom. The van der Waals surface area contributed by atoms with Gasteiger partial charge in [-0.1, -0.05) is 141 Å². The molecular formula is C40H29N. The monoisotopic (exact) mass is 523 g/mol. The van der Waals surface area contributed by atoms with E-state index in [0.29, 0.717) is 0 Å². The van der Waals surface area contributed by atoms with Gasteiger partial charge in [-0.05, 0) is 56.6 Å². The molecular weight excluding hydrogens is 494 g/mol. The van der Waals surface area contributed by atoms with Crippen LogP contribution >= 0.6 is 0 Å². The highest BCUT2D eigenvalue weighted by Gasteiger charge is 2.46. The molecule has 1 aliphatic carbocycles. The molecule has 41 heavy (non-hydrogen) atoms. The van der Waals surface area contributed by atoms with Gasteiger partial charge in [0.1, 0.15) is 0 Å². The number of nitrogens with zero attached hydrogens (tertiary/aromatic N) is 1. The molecule has 0 spiro atoms. The van der Waals surface area contributed by atoms with Crippen molar-refractivity contribution >= 4 is 21.8 Å². The van der Waals surface area contributed by atoms with Crippen LogP contribution < -0.4 is 0 Å². The van der Waals surface area contributed by atoms with E-state index in [1.165, 1.54) is 72.0 Å². The van der Waals surface area contributed by atoms with Crippen LogP contribution in [0.1, 0.15) is 47.2 Å². The molecule has 194 valence electrons. The fraction of sp³-hybridized carbons (Fsp3) is 0.100. The second-order valence-corrected chi connectivity index (χ2v) is 12.1. The van der Waals surface area contributed by atoms with Crippen molar-refractivity contribution in [2.24, 2.45) is 0 Å². The van der Waals surface area contributed by atoms with Crippen molar-refractivity contribution in [3.05, 3.63) is 173 Å². The molecule has 2 heterocycles. The normalized spacial score (nSPS) is 15.5. The standard InChI is InChI=1S/C40H29N/c1-39(2)31-20-10-9-18-28(31)29-24-25-35-36(37(29)39)30-19-13-22-33-38(30)41(35)34-23-12-11-21-32(34)40(33,26-14-5-3-6-15-26)27-16-7-4-8-17-27/h3-25H,1-2H3. The van der Waals surface area contributed by atoms with Gasteiger partial charge in [-0.15, -0.1) is 0 Å². The van der Waals surface area contributed by atoms with Crippen LogP contribution in [0.2, 0.25) is 0 Å². The summed E-state index contributed by atoms with van der Waals surface area (Å²) >= 11 is 0. The van der Waals surface area contributed by atoms with Crippen molar-refractivity contribution in [3.8, 4) is 16.8 Å². The Bertz CT molecular complexity index is 2120. The Kier molecular flexibility index (Phi) is 4.39. The number of aromatic nitrogens is 1. The maximum Gasteiger partial charge on any atom is 0.0742 e. The number of hydrogen-bond acceptors (Lipinski definition) is 0. The van der Waals surface area contributed by atoms with E-state index in [9.17, 15) is 0 Å². The van der Waals surface area contributed by atoms with Crippen LogP contribution in [0.5, 0.6) is 0 Å². The molecule has 0 saturated carbocycles. The highest BCUT2D eigenvalue weighted by molar-refractivity contribution is 6.16. The number of fused-ring (bicyclic) bond motifs is 9. The molecule has 1 heteroatoms. The minimum atomic E-state index is -0.440. The molecule has 0 bridgehead atoms. The Labute approximate surface area is 240 Å². The van der Waals surface area contributed by atoms with Crippen molar-refractivity contribution < 1.29 is 0 Å². The molecule has 1 aliphatic heterocycles. The second-order valence-electron chi connectivity index (χ2n) is 12.1. The predicted molar refractivity (Wildman–Crippen MR) is 170 cm³/mol. The Morgan fingerprint density at radius 2 is 1.10 bits per heavy atom. The molecule has 7 aromatic rings. The molecule has 0 amide bonds. The van der Waals surface area contributed by atoms with Crippen LogP contribution in [0.25, 0.3) is 38.6 Å². The first-order valence-corrected chi connectivity index (χ1v) is 14.6.